The van der Waals surface area contributed by atoms with Crippen molar-refractivity contribution in [1.82, 2.24) is 4.98 Å². The molecule has 0 aliphatic rings. The van der Waals surface area contributed by atoms with Gasteiger partial charge in [-0.05, 0) is 29.1 Å². The van der Waals surface area contributed by atoms with E-state index in [1.807, 2.05) is 42.6 Å². The molecule has 4 heteroatoms. The predicted octanol–water partition coefficient (Wildman–Crippen LogP) is 5.15. The van der Waals surface area contributed by atoms with Gasteiger partial charge < -0.3 is 5.32 Å². The first-order chi connectivity index (χ1) is 9.75. The number of anilines is 1. The highest BCUT2D eigenvalue weighted by Crippen LogP contribution is 2.30. The van der Waals surface area contributed by atoms with E-state index in [0.29, 0.717) is 16.6 Å². The SMILES string of the molecule is Clc1cccc(Cl)c1NCc1cccc2cnccc12. The number of hydrogen-bond donors (Lipinski definition) is 1. The molecular formula is C16H12Cl2N2. The van der Waals surface area contributed by atoms with Gasteiger partial charge in [0.15, 0.2) is 0 Å². The summed E-state index contributed by atoms with van der Waals surface area (Å²) in [4.78, 5) is 4.14. The number of fused-ring (bicyclic) bond motifs is 1. The molecule has 2 nitrogen and oxygen atoms in total. The first kappa shape index (κ1) is 13.2. The fraction of sp³-hybridized carbons (Fsp3) is 0.0625. The maximum atomic E-state index is 6.16. The van der Waals surface area contributed by atoms with Crippen LogP contribution in [0.3, 0.4) is 0 Å². The topological polar surface area (TPSA) is 24.9 Å². The van der Waals surface area contributed by atoms with Crippen LogP contribution in [0.1, 0.15) is 5.56 Å². The van der Waals surface area contributed by atoms with E-state index in [2.05, 4.69) is 16.4 Å². The molecule has 0 bridgehead atoms. The predicted molar refractivity (Wildman–Crippen MR) is 85.5 cm³/mol. The van der Waals surface area contributed by atoms with Gasteiger partial charge in [-0.1, -0.05) is 47.5 Å². The van der Waals surface area contributed by atoms with Crippen LogP contribution in [0.5, 0.6) is 0 Å². The molecule has 0 aliphatic carbocycles. The summed E-state index contributed by atoms with van der Waals surface area (Å²) < 4.78 is 0. The van der Waals surface area contributed by atoms with Crippen LogP contribution < -0.4 is 5.32 Å². The number of nitrogens with one attached hydrogen (secondary N) is 1. The van der Waals surface area contributed by atoms with Gasteiger partial charge in [0, 0.05) is 24.3 Å². The van der Waals surface area contributed by atoms with Crippen molar-refractivity contribution in [2.45, 2.75) is 6.54 Å². The van der Waals surface area contributed by atoms with Gasteiger partial charge in [0.1, 0.15) is 0 Å². The van der Waals surface area contributed by atoms with Crippen molar-refractivity contribution in [2.75, 3.05) is 5.32 Å². The average molecular weight is 303 g/mol. The maximum Gasteiger partial charge on any atom is 0.0721 e. The minimum Gasteiger partial charge on any atom is -0.379 e. The summed E-state index contributed by atoms with van der Waals surface area (Å²) in [6, 6.07) is 13.6. The Hall–Kier alpha value is -1.77. The van der Waals surface area contributed by atoms with Gasteiger partial charge in [-0.25, -0.2) is 0 Å². The van der Waals surface area contributed by atoms with Crippen molar-refractivity contribution in [2.24, 2.45) is 0 Å². The van der Waals surface area contributed by atoms with Crippen LogP contribution in [-0.2, 0) is 6.54 Å². The molecule has 0 radical (unpaired) electrons. The van der Waals surface area contributed by atoms with Crippen LogP contribution in [0.15, 0.2) is 54.9 Å². The Morgan fingerprint density at radius 3 is 2.50 bits per heavy atom. The molecular weight excluding hydrogens is 291 g/mol. The lowest BCUT2D eigenvalue weighted by molar-refractivity contribution is 1.17. The molecule has 100 valence electrons. The van der Waals surface area contributed by atoms with Crippen LogP contribution >= 0.6 is 23.2 Å². The van der Waals surface area contributed by atoms with Gasteiger partial charge in [0.05, 0.1) is 15.7 Å². The molecule has 1 N–H and O–H groups in total. The Kier molecular flexibility index (Phi) is 3.77. The third-order valence-electron chi connectivity index (χ3n) is 3.19. The lowest BCUT2D eigenvalue weighted by Gasteiger charge is -2.12. The van der Waals surface area contributed by atoms with E-state index < -0.39 is 0 Å². The summed E-state index contributed by atoms with van der Waals surface area (Å²) in [5, 5.41) is 6.86. The number of halogens is 2. The summed E-state index contributed by atoms with van der Waals surface area (Å²) in [7, 11) is 0. The average Bonchev–Trinajstić information content (AvgIpc) is 2.47. The molecule has 2 aromatic carbocycles. The van der Waals surface area contributed by atoms with Crippen LogP contribution in [0.25, 0.3) is 10.8 Å². The van der Waals surface area contributed by atoms with E-state index in [4.69, 9.17) is 23.2 Å². The van der Waals surface area contributed by atoms with E-state index in [9.17, 15) is 0 Å². The zero-order chi connectivity index (χ0) is 13.9. The summed E-state index contributed by atoms with van der Waals surface area (Å²) in [6.45, 7) is 0.658. The Labute approximate surface area is 127 Å². The van der Waals surface area contributed by atoms with Gasteiger partial charge in [0.2, 0.25) is 0 Å². The minimum absolute atomic E-state index is 0.624. The molecule has 0 unspecified atom stereocenters. The Bertz CT molecular complexity index is 731. The fourth-order valence-corrected chi connectivity index (χ4v) is 2.73. The molecule has 0 aliphatic heterocycles. The quantitative estimate of drug-likeness (QED) is 0.723. The van der Waals surface area contributed by atoms with Gasteiger partial charge in [-0.15, -0.1) is 0 Å². The van der Waals surface area contributed by atoms with E-state index in [0.717, 1.165) is 11.1 Å². The number of nitrogens with zero attached hydrogens (tertiary/aromatic N) is 1. The number of rotatable bonds is 3. The van der Waals surface area contributed by atoms with Gasteiger partial charge in [0.25, 0.3) is 0 Å². The zero-order valence-electron chi connectivity index (χ0n) is 10.6. The van der Waals surface area contributed by atoms with Gasteiger partial charge in [-0.3, -0.25) is 4.98 Å². The van der Waals surface area contributed by atoms with Crippen molar-refractivity contribution in [1.29, 1.82) is 0 Å². The highest BCUT2D eigenvalue weighted by Gasteiger charge is 2.06. The summed E-state index contributed by atoms with van der Waals surface area (Å²) in [5.41, 5.74) is 1.95. The Morgan fingerprint density at radius 1 is 0.950 bits per heavy atom. The molecule has 20 heavy (non-hydrogen) atoms. The lowest BCUT2D eigenvalue weighted by atomic mass is 10.1. The summed E-state index contributed by atoms with van der Waals surface area (Å²) >= 11 is 12.3. The molecule has 0 saturated carbocycles. The molecule has 3 aromatic rings. The largest absolute Gasteiger partial charge is 0.379 e. The maximum absolute atomic E-state index is 6.16. The highest BCUT2D eigenvalue weighted by molar-refractivity contribution is 6.39. The lowest BCUT2D eigenvalue weighted by Crippen LogP contribution is -2.01. The monoisotopic (exact) mass is 302 g/mol. The highest BCUT2D eigenvalue weighted by atomic mass is 35.5. The number of aromatic nitrogens is 1. The molecule has 0 fully saturated rings. The number of pyridine rings is 1. The first-order valence-electron chi connectivity index (χ1n) is 6.25. The van der Waals surface area contributed by atoms with E-state index in [1.165, 1.54) is 10.9 Å². The van der Waals surface area contributed by atoms with Crippen molar-refractivity contribution in [3.63, 3.8) is 0 Å². The third kappa shape index (κ3) is 2.58. The van der Waals surface area contributed by atoms with Gasteiger partial charge in [-0.2, -0.15) is 0 Å². The molecule has 3 rings (SSSR count). The van der Waals surface area contributed by atoms with Crippen molar-refractivity contribution in [3.05, 3.63) is 70.5 Å². The van der Waals surface area contributed by atoms with Crippen LogP contribution in [0, 0.1) is 0 Å². The van der Waals surface area contributed by atoms with E-state index in [1.54, 1.807) is 6.20 Å². The first-order valence-corrected chi connectivity index (χ1v) is 7.01. The fourth-order valence-electron chi connectivity index (χ4n) is 2.19. The number of benzene rings is 2. The van der Waals surface area contributed by atoms with Gasteiger partial charge >= 0.3 is 0 Å². The number of hydrogen-bond acceptors (Lipinski definition) is 2. The van der Waals surface area contributed by atoms with Crippen LogP contribution in [0.2, 0.25) is 10.0 Å². The second-order valence-electron chi connectivity index (χ2n) is 4.46. The molecule has 1 heterocycles. The second-order valence-corrected chi connectivity index (χ2v) is 5.28. The van der Waals surface area contributed by atoms with E-state index in [-0.39, 0.29) is 0 Å². The molecule has 0 saturated heterocycles. The molecule has 1 aromatic heterocycles. The van der Waals surface area contributed by atoms with Crippen LogP contribution in [0.4, 0.5) is 5.69 Å². The van der Waals surface area contributed by atoms with Crippen molar-refractivity contribution >= 4 is 39.7 Å². The molecule has 0 atom stereocenters. The summed E-state index contributed by atoms with van der Waals surface area (Å²) in [5.74, 6) is 0. The van der Waals surface area contributed by atoms with E-state index >= 15 is 0 Å². The minimum atomic E-state index is 0.624. The normalized spacial score (nSPS) is 10.7. The van der Waals surface area contributed by atoms with Crippen LogP contribution in [-0.4, -0.2) is 4.98 Å². The molecule has 0 amide bonds. The van der Waals surface area contributed by atoms with Crippen molar-refractivity contribution in [3.8, 4) is 0 Å². The third-order valence-corrected chi connectivity index (χ3v) is 3.82. The molecule has 0 spiro atoms. The zero-order valence-corrected chi connectivity index (χ0v) is 12.1. The summed E-state index contributed by atoms with van der Waals surface area (Å²) in [6.07, 6.45) is 3.66. The Balaban J connectivity index is 1.91. The Morgan fingerprint density at radius 2 is 1.70 bits per heavy atom. The number of para-hydroxylation sites is 1. The smallest absolute Gasteiger partial charge is 0.0721 e. The second kappa shape index (κ2) is 5.70. The standard InChI is InChI=1S/C16H12Cl2N2/c17-14-5-2-6-15(18)16(14)20-10-12-4-1-3-11-9-19-8-7-13(11)12/h1-9,20H,10H2. The van der Waals surface area contributed by atoms with Crippen molar-refractivity contribution < 1.29 is 0 Å².